The first-order valence-corrected chi connectivity index (χ1v) is 7.60. The van der Waals surface area contributed by atoms with E-state index in [9.17, 15) is 0 Å². The quantitative estimate of drug-likeness (QED) is 0.805. The van der Waals surface area contributed by atoms with E-state index in [-0.39, 0.29) is 11.2 Å². The van der Waals surface area contributed by atoms with Crippen LogP contribution in [0.5, 0.6) is 0 Å². The van der Waals surface area contributed by atoms with Gasteiger partial charge in [0.15, 0.2) is 0 Å². The summed E-state index contributed by atoms with van der Waals surface area (Å²) in [6.45, 7) is 18.0. The van der Waals surface area contributed by atoms with Crippen molar-refractivity contribution >= 4 is 0 Å². The van der Waals surface area contributed by atoms with Gasteiger partial charge in [0.25, 0.3) is 0 Å². The van der Waals surface area contributed by atoms with Gasteiger partial charge in [-0.05, 0) is 37.5 Å². The van der Waals surface area contributed by atoms with E-state index >= 15 is 0 Å². The summed E-state index contributed by atoms with van der Waals surface area (Å²) in [7, 11) is 0. The molecule has 1 aliphatic rings. The van der Waals surface area contributed by atoms with E-state index in [4.69, 9.17) is 4.74 Å². The van der Waals surface area contributed by atoms with Crippen LogP contribution >= 0.6 is 0 Å². The molecule has 0 aromatic rings. The van der Waals surface area contributed by atoms with E-state index in [1.54, 1.807) is 0 Å². The second kappa shape index (κ2) is 5.92. The number of nitrogens with one attached hydrogen (secondary N) is 1. The molecule has 0 spiro atoms. The highest BCUT2D eigenvalue weighted by molar-refractivity contribution is 4.97. The van der Waals surface area contributed by atoms with Crippen molar-refractivity contribution in [2.75, 3.05) is 13.1 Å². The van der Waals surface area contributed by atoms with Gasteiger partial charge in [0.1, 0.15) is 0 Å². The summed E-state index contributed by atoms with van der Waals surface area (Å²) in [4.78, 5) is 0. The predicted molar refractivity (Wildman–Crippen MR) is 78.8 cm³/mol. The monoisotopic (exact) mass is 255 g/mol. The van der Waals surface area contributed by atoms with Crippen LogP contribution in [0.25, 0.3) is 0 Å². The Hall–Kier alpha value is -0.0800. The summed E-state index contributed by atoms with van der Waals surface area (Å²) in [5.74, 6) is 1.91. The summed E-state index contributed by atoms with van der Waals surface area (Å²) >= 11 is 0. The van der Waals surface area contributed by atoms with Gasteiger partial charge in [-0.25, -0.2) is 0 Å². The third-order valence-electron chi connectivity index (χ3n) is 4.15. The predicted octanol–water partition coefficient (Wildman–Crippen LogP) is 3.85. The Labute approximate surface area is 114 Å². The lowest BCUT2D eigenvalue weighted by Crippen LogP contribution is -2.61. The van der Waals surface area contributed by atoms with Crippen molar-refractivity contribution in [2.24, 2.45) is 17.8 Å². The summed E-state index contributed by atoms with van der Waals surface area (Å²) in [5, 5.41) is 3.63. The first kappa shape index (κ1) is 16.0. The molecule has 0 saturated carbocycles. The molecule has 0 aromatic carbocycles. The molecule has 18 heavy (non-hydrogen) atoms. The SMILES string of the molecule is CC(C)CC1(CC(C)C)CNCC(C)(C(C)C)O1. The summed E-state index contributed by atoms with van der Waals surface area (Å²) < 4.78 is 6.68. The van der Waals surface area contributed by atoms with Gasteiger partial charge < -0.3 is 10.1 Å². The zero-order chi connectivity index (χ0) is 14.0. The number of ether oxygens (including phenoxy) is 1. The van der Waals surface area contributed by atoms with Gasteiger partial charge in [-0.15, -0.1) is 0 Å². The molecular weight excluding hydrogens is 222 g/mol. The standard InChI is InChI=1S/C16H33NO/c1-12(2)8-16(9-13(3)4)11-17-10-15(7,18-16)14(5)6/h12-14,17H,8-11H2,1-7H3. The van der Waals surface area contributed by atoms with Crippen molar-refractivity contribution in [3.8, 4) is 0 Å². The average molecular weight is 255 g/mol. The van der Waals surface area contributed by atoms with Crippen LogP contribution in [0.4, 0.5) is 0 Å². The van der Waals surface area contributed by atoms with Crippen LogP contribution < -0.4 is 5.32 Å². The largest absolute Gasteiger partial charge is 0.366 e. The zero-order valence-corrected chi connectivity index (χ0v) is 13.5. The fourth-order valence-electron chi connectivity index (χ4n) is 3.23. The van der Waals surface area contributed by atoms with Gasteiger partial charge in [0.2, 0.25) is 0 Å². The first-order chi connectivity index (χ1) is 8.19. The maximum absolute atomic E-state index is 6.68. The van der Waals surface area contributed by atoms with E-state index in [0.717, 1.165) is 25.9 Å². The van der Waals surface area contributed by atoms with Gasteiger partial charge in [-0.2, -0.15) is 0 Å². The molecule has 2 heteroatoms. The van der Waals surface area contributed by atoms with E-state index in [1.165, 1.54) is 0 Å². The summed E-state index contributed by atoms with van der Waals surface area (Å²) in [6, 6.07) is 0. The zero-order valence-electron chi connectivity index (χ0n) is 13.5. The number of hydrogen-bond donors (Lipinski definition) is 1. The highest BCUT2D eigenvalue weighted by Crippen LogP contribution is 2.37. The summed E-state index contributed by atoms with van der Waals surface area (Å²) in [6.07, 6.45) is 2.31. The second-order valence-corrected chi connectivity index (χ2v) is 7.55. The van der Waals surface area contributed by atoms with E-state index in [1.807, 2.05) is 0 Å². The van der Waals surface area contributed by atoms with Gasteiger partial charge in [-0.3, -0.25) is 0 Å². The third kappa shape index (κ3) is 3.96. The lowest BCUT2D eigenvalue weighted by molar-refractivity contribution is -0.201. The van der Waals surface area contributed by atoms with Crippen LogP contribution in [0.3, 0.4) is 0 Å². The van der Waals surface area contributed by atoms with E-state index in [0.29, 0.717) is 17.8 Å². The van der Waals surface area contributed by atoms with Gasteiger partial charge in [0.05, 0.1) is 11.2 Å². The fraction of sp³-hybridized carbons (Fsp3) is 1.00. The van der Waals surface area contributed by atoms with Gasteiger partial charge in [-0.1, -0.05) is 41.5 Å². The van der Waals surface area contributed by atoms with Crippen molar-refractivity contribution in [1.82, 2.24) is 5.32 Å². The smallest absolute Gasteiger partial charge is 0.0819 e. The van der Waals surface area contributed by atoms with Crippen LogP contribution in [0.1, 0.15) is 61.3 Å². The molecule has 1 rings (SSSR count). The molecule has 0 bridgehead atoms. The molecule has 2 nitrogen and oxygen atoms in total. The second-order valence-electron chi connectivity index (χ2n) is 7.55. The van der Waals surface area contributed by atoms with Gasteiger partial charge >= 0.3 is 0 Å². The minimum atomic E-state index is -0.0258. The van der Waals surface area contributed by atoms with Crippen molar-refractivity contribution in [1.29, 1.82) is 0 Å². The summed E-state index contributed by atoms with van der Waals surface area (Å²) in [5.41, 5.74) is 0.00162. The number of hydrogen-bond acceptors (Lipinski definition) is 2. The Morgan fingerprint density at radius 3 is 1.83 bits per heavy atom. The minimum Gasteiger partial charge on any atom is -0.366 e. The maximum Gasteiger partial charge on any atom is 0.0819 e. The average Bonchev–Trinajstić information content (AvgIpc) is 2.13. The van der Waals surface area contributed by atoms with E-state index in [2.05, 4.69) is 53.8 Å². The molecule has 0 aliphatic carbocycles. The number of morpholine rings is 1. The number of rotatable bonds is 5. The van der Waals surface area contributed by atoms with Crippen molar-refractivity contribution < 1.29 is 4.74 Å². The highest BCUT2D eigenvalue weighted by Gasteiger charge is 2.44. The molecule has 1 fully saturated rings. The molecule has 0 radical (unpaired) electrons. The maximum atomic E-state index is 6.68. The molecule has 0 amide bonds. The molecule has 108 valence electrons. The molecule has 0 aromatic heterocycles. The van der Waals surface area contributed by atoms with Crippen LogP contribution in [0, 0.1) is 17.8 Å². The molecule has 1 heterocycles. The van der Waals surface area contributed by atoms with Crippen LogP contribution in [-0.2, 0) is 4.74 Å². The lowest BCUT2D eigenvalue weighted by atomic mass is 9.80. The third-order valence-corrected chi connectivity index (χ3v) is 4.15. The normalized spacial score (nSPS) is 28.3. The highest BCUT2D eigenvalue weighted by atomic mass is 16.5. The van der Waals surface area contributed by atoms with Crippen LogP contribution in [-0.4, -0.2) is 24.3 Å². The van der Waals surface area contributed by atoms with E-state index < -0.39 is 0 Å². The fourth-order valence-corrected chi connectivity index (χ4v) is 3.23. The van der Waals surface area contributed by atoms with Crippen LogP contribution in [0.15, 0.2) is 0 Å². The molecular formula is C16H33NO. The minimum absolute atomic E-state index is 0.0258. The Bertz CT molecular complexity index is 250. The van der Waals surface area contributed by atoms with Crippen LogP contribution in [0.2, 0.25) is 0 Å². The molecule has 1 N–H and O–H groups in total. The molecule has 1 saturated heterocycles. The van der Waals surface area contributed by atoms with Crippen molar-refractivity contribution in [2.45, 2.75) is 72.5 Å². The van der Waals surface area contributed by atoms with Crippen molar-refractivity contribution in [3.05, 3.63) is 0 Å². The molecule has 1 unspecified atom stereocenters. The van der Waals surface area contributed by atoms with Gasteiger partial charge in [0, 0.05) is 13.1 Å². The Balaban J connectivity index is 2.88. The first-order valence-electron chi connectivity index (χ1n) is 7.60. The Kier molecular flexibility index (Phi) is 5.25. The Morgan fingerprint density at radius 2 is 1.44 bits per heavy atom. The molecule has 1 atom stereocenters. The lowest BCUT2D eigenvalue weighted by Gasteiger charge is -2.50. The molecule has 1 aliphatic heterocycles. The Morgan fingerprint density at radius 1 is 0.944 bits per heavy atom. The van der Waals surface area contributed by atoms with Crippen molar-refractivity contribution in [3.63, 3.8) is 0 Å². The topological polar surface area (TPSA) is 21.3 Å².